The van der Waals surface area contributed by atoms with Crippen LogP contribution in [0.5, 0.6) is 0 Å². The van der Waals surface area contributed by atoms with E-state index in [9.17, 15) is 14.4 Å². The number of anilines is 1. The molecule has 0 aromatic heterocycles. The van der Waals surface area contributed by atoms with Gasteiger partial charge < -0.3 is 10.6 Å². The Labute approximate surface area is 166 Å². The molecule has 2 aliphatic carbocycles. The summed E-state index contributed by atoms with van der Waals surface area (Å²) in [4.78, 5) is 39.3. The number of rotatable bonds is 3. The first-order valence-electron chi connectivity index (χ1n) is 10.2. The van der Waals surface area contributed by atoms with Crippen LogP contribution in [0.3, 0.4) is 0 Å². The molecule has 4 rings (SSSR count). The molecule has 1 aromatic rings. The number of amides is 4. The number of carbonyl (C=O) groups excluding carboxylic acids is 3. The summed E-state index contributed by atoms with van der Waals surface area (Å²) in [6.45, 7) is 6.13. The van der Waals surface area contributed by atoms with Crippen LogP contribution in [0.2, 0.25) is 0 Å². The zero-order chi connectivity index (χ0) is 20.1. The first-order valence-corrected chi connectivity index (χ1v) is 10.2. The first-order chi connectivity index (χ1) is 13.2. The second-order valence-electron chi connectivity index (χ2n) is 9.64. The van der Waals surface area contributed by atoms with Crippen LogP contribution in [0.4, 0.5) is 10.5 Å². The quantitative estimate of drug-likeness (QED) is 0.787. The largest absolute Gasteiger partial charge is 0.325 e. The molecule has 2 fully saturated rings. The maximum absolute atomic E-state index is 13.1. The highest BCUT2D eigenvalue weighted by Gasteiger charge is 2.56. The van der Waals surface area contributed by atoms with Crippen molar-refractivity contribution in [1.82, 2.24) is 10.2 Å². The lowest BCUT2D eigenvalue weighted by Crippen LogP contribution is -2.54. The Hall–Kier alpha value is -2.37. The van der Waals surface area contributed by atoms with E-state index in [1.165, 1.54) is 11.1 Å². The van der Waals surface area contributed by atoms with Gasteiger partial charge >= 0.3 is 6.03 Å². The number of carbonyl (C=O) groups is 3. The fourth-order valence-corrected chi connectivity index (χ4v) is 5.64. The molecule has 0 unspecified atom stereocenters. The second-order valence-corrected chi connectivity index (χ2v) is 9.64. The van der Waals surface area contributed by atoms with Crippen LogP contribution in [0, 0.1) is 11.3 Å². The van der Waals surface area contributed by atoms with Crippen molar-refractivity contribution in [2.24, 2.45) is 11.3 Å². The molecule has 150 valence electrons. The van der Waals surface area contributed by atoms with Gasteiger partial charge in [-0.1, -0.05) is 26.8 Å². The predicted molar refractivity (Wildman–Crippen MR) is 107 cm³/mol. The first kappa shape index (κ1) is 19.0. The van der Waals surface area contributed by atoms with Crippen LogP contribution in [-0.4, -0.2) is 34.8 Å². The van der Waals surface area contributed by atoms with E-state index in [2.05, 4.69) is 31.4 Å². The summed E-state index contributed by atoms with van der Waals surface area (Å²) in [6.07, 6.45) is 5.52. The smallest absolute Gasteiger partial charge is 0.325 e. The molecule has 2 N–H and O–H groups in total. The van der Waals surface area contributed by atoms with Gasteiger partial charge in [-0.15, -0.1) is 0 Å². The van der Waals surface area contributed by atoms with Gasteiger partial charge in [0.2, 0.25) is 5.91 Å². The van der Waals surface area contributed by atoms with Crippen LogP contribution in [0.25, 0.3) is 0 Å². The van der Waals surface area contributed by atoms with Crippen molar-refractivity contribution in [3.8, 4) is 0 Å². The lowest BCUT2D eigenvalue weighted by Gasteiger charge is -2.43. The molecule has 4 amide bonds. The summed E-state index contributed by atoms with van der Waals surface area (Å²) in [5.74, 6) is -0.268. The van der Waals surface area contributed by atoms with Crippen LogP contribution < -0.4 is 10.6 Å². The minimum atomic E-state index is -0.869. The lowest BCUT2D eigenvalue weighted by molar-refractivity contribution is -0.136. The topological polar surface area (TPSA) is 78.5 Å². The Kier molecular flexibility index (Phi) is 4.47. The SMILES string of the molecule is C[C@H]1CC(C)(C)C[C@@]2(C1)NC(=O)N(CC(=O)Nc1ccc3c(c1)CCC3)C2=O. The Balaban J connectivity index is 1.45. The zero-order valence-electron chi connectivity index (χ0n) is 16.9. The molecule has 6 nitrogen and oxygen atoms in total. The maximum atomic E-state index is 13.1. The van der Waals surface area contributed by atoms with Crippen LogP contribution in [0.15, 0.2) is 18.2 Å². The molecule has 1 aliphatic heterocycles. The summed E-state index contributed by atoms with van der Waals surface area (Å²) in [6, 6.07) is 5.48. The standard InChI is InChI=1S/C22H29N3O3/c1-14-10-21(2,3)13-22(11-14)19(27)25(20(28)24-22)12-18(26)23-17-8-7-15-5-4-6-16(15)9-17/h7-9,14H,4-6,10-13H2,1-3H3,(H,23,26)(H,24,28)/t14-,22+/m0/s1. The zero-order valence-corrected chi connectivity index (χ0v) is 16.9. The van der Waals surface area contributed by atoms with E-state index in [4.69, 9.17) is 0 Å². The Morgan fingerprint density at radius 3 is 2.71 bits per heavy atom. The van der Waals surface area contributed by atoms with Gasteiger partial charge in [-0.3, -0.25) is 14.5 Å². The average molecular weight is 383 g/mol. The normalized spacial score (nSPS) is 28.4. The van der Waals surface area contributed by atoms with Gasteiger partial charge in [0, 0.05) is 5.69 Å². The highest BCUT2D eigenvalue weighted by molar-refractivity contribution is 6.10. The van der Waals surface area contributed by atoms with Crippen molar-refractivity contribution in [1.29, 1.82) is 0 Å². The summed E-state index contributed by atoms with van der Waals surface area (Å²) >= 11 is 0. The molecule has 1 heterocycles. The summed E-state index contributed by atoms with van der Waals surface area (Å²) in [5.41, 5.74) is 2.43. The minimum Gasteiger partial charge on any atom is -0.325 e. The van der Waals surface area contributed by atoms with E-state index >= 15 is 0 Å². The fraction of sp³-hybridized carbons (Fsp3) is 0.591. The third-order valence-electron chi connectivity index (χ3n) is 6.31. The van der Waals surface area contributed by atoms with Crippen LogP contribution >= 0.6 is 0 Å². The van der Waals surface area contributed by atoms with Crippen LogP contribution in [-0.2, 0) is 22.4 Å². The number of nitrogens with one attached hydrogen (secondary N) is 2. The molecular weight excluding hydrogens is 354 g/mol. The molecule has 28 heavy (non-hydrogen) atoms. The van der Waals surface area contributed by atoms with Crippen molar-refractivity contribution in [2.45, 2.75) is 64.8 Å². The molecule has 6 heteroatoms. The number of nitrogens with zero attached hydrogens (tertiary/aromatic N) is 1. The van der Waals surface area contributed by atoms with Gasteiger partial charge in [0.15, 0.2) is 0 Å². The molecule has 2 atom stereocenters. The summed E-state index contributed by atoms with van der Waals surface area (Å²) in [7, 11) is 0. The Morgan fingerprint density at radius 2 is 1.96 bits per heavy atom. The number of hydrogen-bond acceptors (Lipinski definition) is 3. The highest BCUT2D eigenvalue weighted by Crippen LogP contribution is 2.46. The molecule has 3 aliphatic rings. The molecule has 0 bridgehead atoms. The third kappa shape index (κ3) is 3.40. The highest BCUT2D eigenvalue weighted by atomic mass is 16.2. The maximum Gasteiger partial charge on any atom is 0.325 e. The van der Waals surface area contributed by atoms with Crippen molar-refractivity contribution >= 4 is 23.5 Å². The van der Waals surface area contributed by atoms with E-state index < -0.39 is 11.6 Å². The molecule has 1 saturated heterocycles. The Morgan fingerprint density at radius 1 is 1.21 bits per heavy atom. The van der Waals surface area contributed by atoms with Crippen molar-refractivity contribution in [2.75, 3.05) is 11.9 Å². The summed E-state index contributed by atoms with van der Waals surface area (Å²) < 4.78 is 0. The molecule has 1 saturated carbocycles. The van der Waals surface area contributed by atoms with Crippen molar-refractivity contribution in [3.63, 3.8) is 0 Å². The number of urea groups is 1. The van der Waals surface area contributed by atoms with E-state index in [1.54, 1.807) is 0 Å². The molecule has 1 spiro atoms. The number of aryl methyl sites for hydroxylation is 2. The fourth-order valence-electron chi connectivity index (χ4n) is 5.64. The average Bonchev–Trinajstić information content (AvgIpc) is 3.11. The van der Waals surface area contributed by atoms with Gasteiger partial charge in [0.05, 0.1) is 0 Å². The van der Waals surface area contributed by atoms with E-state index in [-0.39, 0.29) is 23.8 Å². The van der Waals surface area contributed by atoms with Crippen LogP contribution in [0.1, 0.15) is 57.6 Å². The predicted octanol–water partition coefficient (Wildman–Crippen LogP) is 3.25. The third-order valence-corrected chi connectivity index (χ3v) is 6.31. The molecule has 0 radical (unpaired) electrons. The number of benzene rings is 1. The van der Waals surface area contributed by atoms with Gasteiger partial charge in [0.25, 0.3) is 5.91 Å². The monoisotopic (exact) mass is 383 g/mol. The van der Waals surface area contributed by atoms with Gasteiger partial charge in [-0.25, -0.2) is 4.79 Å². The van der Waals surface area contributed by atoms with E-state index in [1.807, 2.05) is 18.2 Å². The molecular formula is C22H29N3O3. The Bertz CT molecular complexity index is 847. The van der Waals surface area contributed by atoms with Gasteiger partial charge in [-0.2, -0.15) is 0 Å². The van der Waals surface area contributed by atoms with E-state index in [0.717, 1.165) is 36.3 Å². The van der Waals surface area contributed by atoms with Crippen molar-refractivity contribution < 1.29 is 14.4 Å². The second kappa shape index (κ2) is 6.61. The van der Waals surface area contributed by atoms with Gasteiger partial charge in [-0.05, 0) is 73.1 Å². The number of fused-ring (bicyclic) bond motifs is 1. The lowest BCUT2D eigenvalue weighted by atomic mass is 9.64. The number of hydrogen-bond donors (Lipinski definition) is 2. The summed E-state index contributed by atoms with van der Waals surface area (Å²) in [5, 5.41) is 5.76. The minimum absolute atomic E-state index is 0.0245. The van der Waals surface area contributed by atoms with Gasteiger partial charge in [0.1, 0.15) is 12.1 Å². The van der Waals surface area contributed by atoms with E-state index in [0.29, 0.717) is 18.8 Å². The number of imide groups is 1. The van der Waals surface area contributed by atoms with Crippen molar-refractivity contribution in [3.05, 3.63) is 29.3 Å². The molecule has 1 aromatic carbocycles.